The van der Waals surface area contributed by atoms with Crippen LogP contribution in [0.2, 0.25) is 0 Å². The van der Waals surface area contributed by atoms with Crippen molar-refractivity contribution in [3.8, 4) is 11.8 Å². The Morgan fingerprint density at radius 1 is 1.21 bits per heavy atom. The first kappa shape index (κ1) is 21.5. The van der Waals surface area contributed by atoms with Crippen molar-refractivity contribution in [2.24, 2.45) is 5.92 Å². The van der Waals surface area contributed by atoms with E-state index in [1.807, 2.05) is 26.0 Å². The van der Waals surface area contributed by atoms with Crippen LogP contribution in [0, 0.1) is 17.2 Å². The molecule has 28 heavy (non-hydrogen) atoms. The van der Waals surface area contributed by atoms with Gasteiger partial charge in [0, 0.05) is 6.54 Å². The van der Waals surface area contributed by atoms with Crippen molar-refractivity contribution in [1.82, 2.24) is 10.2 Å². The van der Waals surface area contributed by atoms with Gasteiger partial charge in [0.1, 0.15) is 17.6 Å². The molecule has 0 saturated heterocycles. The third-order valence-electron chi connectivity index (χ3n) is 4.72. The van der Waals surface area contributed by atoms with Crippen molar-refractivity contribution >= 4 is 5.91 Å². The SMILES string of the molecule is CCN(CC)C(CNC(=O)C(Oc1ccccc1C#N)C(C)C)c1ccco1. The number of carbonyl (C=O) groups is 1. The lowest BCUT2D eigenvalue weighted by Gasteiger charge is -2.29. The van der Waals surface area contributed by atoms with Crippen LogP contribution >= 0.6 is 0 Å². The molecule has 2 unspecified atom stereocenters. The molecule has 150 valence electrons. The van der Waals surface area contributed by atoms with Gasteiger partial charge < -0.3 is 14.5 Å². The lowest BCUT2D eigenvalue weighted by molar-refractivity contribution is -0.130. The maximum Gasteiger partial charge on any atom is 0.261 e. The van der Waals surface area contributed by atoms with Crippen LogP contribution in [0.25, 0.3) is 0 Å². The molecule has 1 heterocycles. The molecule has 6 heteroatoms. The summed E-state index contributed by atoms with van der Waals surface area (Å²) in [4.78, 5) is 15.1. The predicted octanol–water partition coefficient (Wildman–Crippen LogP) is 3.75. The molecular weight excluding hydrogens is 354 g/mol. The topological polar surface area (TPSA) is 78.5 Å². The number of hydrogen-bond donors (Lipinski definition) is 1. The summed E-state index contributed by atoms with van der Waals surface area (Å²) in [7, 11) is 0. The Kier molecular flexibility index (Phi) is 8.09. The highest BCUT2D eigenvalue weighted by Crippen LogP contribution is 2.22. The van der Waals surface area contributed by atoms with Gasteiger partial charge in [0.15, 0.2) is 6.10 Å². The van der Waals surface area contributed by atoms with Crippen LogP contribution in [-0.2, 0) is 4.79 Å². The Morgan fingerprint density at radius 3 is 2.50 bits per heavy atom. The number of likely N-dealkylation sites (N-methyl/N-ethyl adjacent to an activating group) is 1. The fourth-order valence-electron chi connectivity index (χ4n) is 3.14. The van der Waals surface area contributed by atoms with Crippen LogP contribution in [-0.4, -0.2) is 36.5 Å². The van der Waals surface area contributed by atoms with Gasteiger partial charge in [-0.2, -0.15) is 5.26 Å². The second kappa shape index (κ2) is 10.5. The summed E-state index contributed by atoms with van der Waals surface area (Å²) in [5.41, 5.74) is 0.414. The Bertz CT molecular complexity index is 777. The molecule has 0 saturated carbocycles. The molecule has 2 rings (SSSR count). The van der Waals surface area contributed by atoms with E-state index in [4.69, 9.17) is 9.15 Å². The van der Waals surface area contributed by atoms with Crippen LogP contribution in [0.4, 0.5) is 0 Å². The van der Waals surface area contributed by atoms with Gasteiger partial charge >= 0.3 is 0 Å². The highest BCUT2D eigenvalue weighted by atomic mass is 16.5. The molecule has 2 aromatic rings. The summed E-state index contributed by atoms with van der Waals surface area (Å²) < 4.78 is 11.5. The fourth-order valence-corrected chi connectivity index (χ4v) is 3.14. The summed E-state index contributed by atoms with van der Waals surface area (Å²) in [5, 5.41) is 12.3. The number of carbonyl (C=O) groups excluding carboxylic acids is 1. The molecule has 1 N–H and O–H groups in total. The lowest BCUT2D eigenvalue weighted by atomic mass is 10.1. The Balaban J connectivity index is 2.11. The largest absolute Gasteiger partial charge is 0.479 e. The van der Waals surface area contributed by atoms with Crippen LogP contribution in [0.3, 0.4) is 0 Å². The third-order valence-corrected chi connectivity index (χ3v) is 4.72. The number of amides is 1. The molecule has 0 fully saturated rings. The molecular formula is C22H29N3O3. The standard InChI is InChI=1S/C22H29N3O3/c1-5-25(6-2)18(20-12-9-13-27-20)15-24-22(26)21(16(3)4)28-19-11-8-7-10-17(19)14-23/h7-13,16,18,21H,5-6,15H2,1-4H3,(H,24,26). The van der Waals surface area contributed by atoms with Crippen LogP contribution in [0.15, 0.2) is 47.1 Å². The molecule has 0 aliphatic heterocycles. The van der Waals surface area contributed by atoms with Crippen LogP contribution in [0.5, 0.6) is 5.75 Å². The van der Waals surface area contributed by atoms with Crippen molar-refractivity contribution < 1.29 is 13.9 Å². The van der Waals surface area contributed by atoms with E-state index in [0.29, 0.717) is 17.9 Å². The molecule has 0 radical (unpaired) electrons. The first-order valence-electron chi connectivity index (χ1n) is 9.72. The number of nitriles is 1. The monoisotopic (exact) mass is 383 g/mol. The van der Waals surface area contributed by atoms with Gasteiger partial charge in [0.2, 0.25) is 0 Å². The zero-order chi connectivity index (χ0) is 20.5. The van der Waals surface area contributed by atoms with Gasteiger partial charge in [-0.25, -0.2) is 0 Å². The van der Waals surface area contributed by atoms with Crippen molar-refractivity contribution in [1.29, 1.82) is 5.26 Å². The molecule has 0 bridgehead atoms. The number of hydrogen-bond acceptors (Lipinski definition) is 5. The van der Waals surface area contributed by atoms with Gasteiger partial charge in [-0.15, -0.1) is 0 Å². The van der Waals surface area contributed by atoms with E-state index >= 15 is 0 Å². The number of benzene rings is 1. The minimum atomic E-state index is -0.691. The van der Waals surface area contributed by atoms with Gasteiger partial charge in [-0.3, -0.25) is 9.69 Å². The van der Waals surface area contributed by atoms with Gasteiger partial charge in [-0.05, 0) is 43.3 Å². The average Bonchev–Trinajstić information content (AvgIpc) is 3.23. The highest BCUT2D eigenvalue weighted by molar-refractivity contribution is 5.81. The summed E-state index contributed by atoms with van der Waals surface area (Å²) in [6, 6.07) is 12.8. The average molecular weight is 383 g/mol. The van der Waals surface area contributed by atoms with Crippen molar-refractivity contribution in [3.63, 3.8) is 0 Å². The van der Waals surface area contributed by atoms with E-state index in [0.717, 1.165) is 18.8 Å². The minimum Gasteiger partial charge on any atom is -0.479 e. The van der Waals surface area contributed by atoms with E-state index in [1.54, 1.807) is 30.5 Å². The molecule has 1 aromatic carbocycles. The number of rotatable bonds is 10. The third kappa shape index (κ3) is 5.37. The minimum absolute atomic E-state index is 0.0480. The highest BCUT2D eigenvalue weighted by Gasteiger charge is 2.27. The summed E-state index contributed by atoms with van der Waals surface area (Å²) in [6.45, 7) is 10.1. The maximum absolute atomic E-state index is 12.9. The second-order valence-corrected chi connectivity index (χ2v) is 6.89. The van der Waals surface area contributed by atoms with E-state index in [2.05, 4.69) is 30.1 Å². The van der Waals surface area contributed by atoms with Crippen LogP contribution in [0.1, 0.15) is 45.1 Å². The van der Waals surface area contributed by atoms with Gasteiger partial charge in [0.25, 0.3) is 5.91 Å². The van der Waals surface area contributed by atoms with E-state index in [1.165, 1.54) is 0 Å². The van der Waals surface area contributed by atoms with Crippen molar-refractivity contribution in [2.75, 3.05) is 19.6 Å². The summed E-state index contributed by atoms with van der Waals surface area (Å²) in [6.07, 6.45) is 0.954. The molecule has 1 amide bonds. The van der Waals surface area contributed by atoms with E-state index in [9.17, 15) is 10.1 Å². The second-order valence-electron chi connectivity index (χ2n) is 6.89. The molecule has 0 aliphatic rings. The normalized spacial score (nSPS) is 13.2. The van der Waals surface area contributed by atoms with E-state index in [-0.39, 0.29) is 17.9 Å². The van der Waals surface area contributed by atoms with Crippen molar-refractivity contribution in [2.45, 2.75) is 39.8 Å². The predicted molar refractivity (Wildman–Crippen MR) is 108 cm³/mol. The number of furan rings is 1. The summed E-state index contributed by atoms with van der Waals surface area (Å²) in [5.74, 6) is 0.986. The first-order chi connectivity index (χ1) is 13.5. The van der Waals surface area contributed by atoms with Gasteiger partial charge in [-0.1, -0.05) is 39.8 Å². The molecule has 6 nitrogen and oxygen atoms in total. The number of para-hydroxylation sites is 1. The Morgan fingerprint density at radius 2 is 1.93 bits per heavy atom. The van der Waals surface area contributed by atoms with Gasteiger partial charge in [0.05, 0.1) is 17.9 Å². The molecule has 0 spiro atoms. The lowest BCUT2D eigenvalue weighted by Crippen LogP contribution is -2.45. The molecule has 2 atom stereocenters. The zero-order valence-corrected chi connectivity index (χ0v) is 17.0. The smallest absolute Gasteiger partial charge is 0.261 e. The molecule has 0 aliphatic carbocycles. The Hall–Kier alpha value is -2.78. The maximum atomic E-state index is 12.9. The number of nitrogens with one attached hydrogen (secondary N) is 1. The van der Waals surface area contributed by atoms with Crippen LogP contribution < -0.4 is 10.1 Å². The fraction of sp³-hybridized carbons (Fsp3) is 0.455. The summed E-state index contributed by atoms with van der Waals surface area (Å²) >= 11 is 0. The Labute approximate surface area is 167 Å². The number of ether oxygens (including phenoxy) is 1. The quantitative estimate of drug-likeness (QED) is 0.676. The number of nitrogens with zero attached hydrogens (tertiary/aromatic N) is 2. The molecule has 1 aromatic heterocycles. The zero-order valence-electron chi connectivity index (χ0n) is 17.0. The van der Waals surface area contributed by atoms with E-state index < -0.39 is 6.10 Å². The first-order valence-corrected chi connectivity index (χ1v) is 9.72. The van der Waals surface area contributed by atoms with Crippen molar-refractivity contribution in [3.05, 3.63) is 54.0 Å².